The van der Waals surface area contributed by atoms with Crippen molar-refractivity contribution in [2.75, 3.05) is 25.6 Å². The molecule has 0 heterocycles. The average molecular weight is 276 g/mol. The molecule has 0 saturated heterocycles. The van der Waals surface area contributed by atoms with Crippen LogP contribution in [0, 0.1) is 11.8 Å². The highest BCUT2D eigenvalue weighted by atomic mass is 16.5. The fourth-order valence-corrected chi connectivity index (χ4v) is 2.09. The number of hydrogen-bond acceptors (Lipinski definition) is 3. The Kier molecular flexibility index (Phi) is 5.12. The fraction of sp³-hybridized carbons (Fsp3) is 0.467. The summed E-state index contributed by atoms with van der Waals surface area (Å²) in [5.41, 5.74) is 0.767. The van der Waals surface area contributed by atoms with E-state index in [0.717, 1.165) is 12.1 Å². The largest absolute Gasteiger partial charge is 0.385 e. The highest BCUT2D eigenvalue weighted by molar-refractivity contribution is 5.99. The summed E-state index contributed by atoms with van der Waals surface area (Å²) in [6, 6.07) is 9.29. The van der Waals surface area contributed by atoms with Crippen LogP contribution in [0.2, 0.25) is 0 Å². The number of carbonyl (C=O) groups is 2. The second-order valence-corrected chi connectivity index (χ2v) is 4.94. The van der Waals surface area contributed by atoms with Crippen molar-refractivity contribution in [2.45, 2.75) is 12.8 Å². The van der Waals surface area contributed by atoms with Gasteiger partial charge in [0.15, 0.2) is 0 Å². The van der Waals surface area contributed by atoms with E-state index < -0.39 is 0 Å². The predicted molar refractivity (Wildman–Crippen MR) is 76.2 cm³/mol. The molecule has 5 heteroatoms. The summed E-state index contributed by atoms with van der Waals surface area (Å²) in [7, 11) is 1.63. The van der Waals surface area contributed by atoms with Crippen LogP contribution in [-0.4, -0.2) is 32.1 Å². The zero-order valence-electron chi connectivity index (χ0n) is 11.6. The summed E-state index contributed by atoms with van der Waals surface area (Å²) in [6.45, 7) is 1.22. The number of benzene rings is 1. The number of carbonyl (C=O) groups excluding carboxylic acids is 2. The number of anilines is 1. The maximum absolute atomic E-state index is 12.0. The standard InChI is InChI=1S/C15H20N2O3/c1-20-9-5-8-16-14(18)12-10-13(12)15(19)17-11-6-3-2-4-7-11/h2-4,6-7,12-13H,5,8-10H2,1H3,(H,16,18)(H,17,19). The molecule has 0 bridgehead atoms. The minimum Gasteiger partial charge on any atom is -0.385 e. The van der Waals surface area contributed by atoms with Gasteiger partial charge in [0.05, 0.1) is 11.8 Å². The maximum atomic E-state index is 12.0. The van der Waals surface area contributed by atoms with Crippen molar-refractivity contribution >= 4 is 17.5 Å². The highest BCUT2D eigenvalue weighted by Gasteiger charge is 2.47. The lowest BCUT2D eigenvalue weighted by Crippen LogP contribution is -2.28. The van der Waals surface area contributed by atoms with Crippen LogP contribution < -0.4 is 10.6 Å². The fourth-order valence-electron chi connectivity index (χ4n) is 2.09. The van der Waals surface area contributed by atoms with Gasteiger partial charge in [0, 0.05) is 25.9 Å². The molecule has 5 nitrogen and oxygen atoms in total. The van der Waals surface area contributed by atoms with Crippen LogP contribution >= 0.6 is 0 Å². The van der Waals surface area contributed by atoms with Crippen LogP contribution in [-0.2, 0) is 14.3 Å². The molecule has 108 valence electrons. The molecule has 1 aliphatic rings. The quantitative estimate of drug-likeness (QED) is 0.740. The number of nitrogens with one attached hydrogen (secondary N) is 2. The molecule has 1 aromatic carbocycles. The molecule has 2 amide bonds. The Morgan fingerprint density at radius 1 is 1.20 bits per heavy atom. The minimum absolute atomic E-state index is 0.0330. The molecule has 1 fully saturated rings. The molecular weight excluding hydrogens is 256 g/mol. The number of para-hydroxylation sites is 1. The van der Waals surface area contributed by atoms with E-state index in [2.05, 4.69) is 10.6 Å². The molecule has 0 spiro atoms. The third-order valence-electron chi connectivity index (χ3n) is 3.33. The molecule has 2 atom stereocenters. The van der Waals surface area contributed by atoms with E-state index in [1.807, 2.05) is 30.3 Å². The summed E-state index contributed by atoms with van der Waals surface area (Å²) in [5.74, 6) is -0.485. The van der Waals surface area contributed by atoms with Gasteiger partial charge in [-0.15, -0.1) is 0 Å². The second kappa shape index (κ2) is 7.05. The van der Waals surface area contributed by atoms with E-state index in [1.54, 1.807) is 7.11 Å². The summed E-state index contributed by atoms with van der Waals surface area (Å²) in [6.07, 6.45) is 1.42. The van der Waals surface area contributed by atoms with Crippen LogP contribution in [0.5, 0.6) is 0 Å². The summed E-state index contributed by atoms with van der Waals surface area (Å²) < 4.78 is 4.91. The minimum atomic E-state index is -0.197. The molecule has 0 radical (unpaired) electrons. The van der Waals surface area contributed by atoms with E-state index >= 15 is 0 Å². The van der Waals surface area contributed by atoms with Crippen molar-refractivity contribution < 1.29 is 14.3 Å². The van der Waals surface area contributed by atoms with E-state index in [9.17, 15) is 9.59 Å². The van der Waals surface area contributed by atoms with Gasteiger partial charge in [0.1, 0.15) is 0 Å². The lowest BCUT2D eigenvalue weighted by molar-refractivity contribution is -0.125. The van der Waals surface area contributed by atoms with Crippen molar-refractivity contribution in [3.8, 4) is 0 Å². The lowest BCUT2D eigenvalue weighted by Gasteiger charge is -2.05. The van der Waals surface area contributed by atoms with E-state index in [-0.39, 0.29) is 23.7 Å². The van der Waals surface area contributed by atoms with Crippen molar-refractivity contribution in [3.05, 3.63) is 30.3 Å². The van der Waals surface area contributed by atoms with Gasteiger partial charge in [-0.25, -0.2) is 0 Å². The number of rotatable bonds is 7. The summed E-state index contributed by atoms with van der Waals surface area (Å²) in [4.78, 5) is 23.8. The zero-order chi connectivity index (χ0) is 14.4. The van der Waals surface area contributed by atoms with Gasteiger partial charge < -0.3 is 15.4 Å². The summed E-state index contributed by atoms with van der Waals surface area (Å²) >= 11 is 0. The molecule has 2 unspecified atom stereocenters. The topological polar surface area (TPSA) is 67.4 Å². The first kappa shape index (κ1) is 14.5. The molecular formula is C15H20N2O3. The number of ether oxygens (including phenoxy) is 1. The first-order valence-electron chi connectivity index (χ1n) is 6.85. The summed E-state index contributed by atoms with van der Waals surface area (Å²) in [5, 5.41) is 5.66. The number of hydrogen-bond donors (Lipinski definition) is 2. The molecule has 2 rings (SSSR count). The van der Waals surface area contributed by atoms with Gasteiger partial charge in [-0.05, 0) is 25.0 Å². The lowest BCUT2D eigenvalue weighted by atomic mass is 10.2. The Morgan fingerprint density at radius 2 is 1.90 bits per heavy atom. The normalized spacial score (nSPS) is 20.2. The van der Waals surface area contributed by atoms with Crippen LogP contribution in [0.15, 0.2) is 30.3 Å². The SMILES string of the molecule is COCCCNC(=O)C1CC1C(=O)Nc1ccccc1. The Labute approximate surface area is 118 Å². The van der Waals surface area contributed by atoms with Crippen LogP contribution in [0.4, 0.5) is 5.69 Å². The Balaban J connectivity index is 1.71. The maximum Gasteiger partial charge on any atom is 0.228 e. The van der Waals surface area contributed by atoms with Crippen LogP contribution in [0.25, 0.3) is 0 Å². The average Bonchev–Trinajstić information content (AvgIpc) is 3.25. The number of methoxy groups -OCH3 is 1. The first-order valence-corrected chi connectivity index (χ1v) is 6.85. The van der Waals surface area contributed by atoms with Gasteiger partial charge in [-0.1, -0.05) is 18.2 Å². The van der Waals surface area contributed by atoms with Gasteiger partial charge in [-0.3, -0.25) is 9.59 Å². The zero-order valence-corrected chi connectivity index (χ0v) is 11.6. The van der Waals surface area contributed by atoms with E-state index in [4.69, 9.17) is 4.74 Å². The molecule has 20 heavy (non-hydrogen) atoms. The Bertz CT molecular complexity index is 461. The Hall–Kier alpha value is -1.88. The van der Waals surface area contributed by atoms with Crippen LogP contribution in [0.3, 0.4) is 0 Å². The predicted octanol–water partition coefficient (Wildman–Crippen LogP) is 1.41. The first-order chi connectivity index (χ1) is 9.72. The van der Waals surface area contributed by atoms with Crippen molar-refractivity contribution in [1.82, 2.24) is 5.32 Å². The van der Waals surface area contributed by atoms with Gasteiger partial charge >= 0.3 is 0 Å². The van der Waals surface area contributed by atoms with Crippen molar-refractivity contribution in [3.63, 3.8) is 0 Å². The third kappa shape index (κ3) is 4.06. The molecule has 1 saturated carbocycles. The molecule has 1 aromatic rings. The third-order valence-corrected chi connectivity index (χ3v) is 3.33. The second-order valence-electron chi connectivity index (χ2n) is 4.94. The molecule has 1 aliphatic carbocycles. The molecule has 0 aromatic heterocycles. The van der Waals surface area contributed by atoms with Crippen molar-refractivity contribution in [2.24, 2.45) is 11.8 Å². The van der Waals surface area contributed by atoms with Crippen LogP contribution in [0.1, 0.15) is 12.8 Å². The van der Waals surface area contributed by atoms with Gasteiger partial charge in [-0.2, -0.15) is 0 Å². The molecule has 2 N–H and O–H groups in total. The Morgan fingerprint density at radius 3 is 2.60 bits per heavy atom. The van der Waals surface area contributed by atoms with Gasteiger partial charge in [0.25, 0.3) is 0 Å². The smallest absolute Gasteiger partial charge is 0.228 e. The monoisotopic (exact) mass is 276 g/mol. The highest BCUT2D eigenvalue weighted by Crippen LogP contribution is 2.39. The number of amides is 2. The van der Waals surface area contributed by atoms with Gasteiger partial charge in [0.2, 0.25) is 11.8 Å². The van der Waals surface area contributed by atoms with Crippen molar-refractivity contribution in [1.29, 1.82) is 0 Å². The van der Waals surface area contributed by atoms with E-state index in [0.29, 0.717) is 19.6 Å². The van der Waals surface area contributed by atoms with E-state index in [1.165, 1.54) is 0 Å². The molecule has 0 aliphatic heterocycles.